The van der Waals surface area contributed by atoms with Crippen molar-refractivity contribution in [2.45, 2.75) is 53.4 Å². The van der Waals surface area contributed by atoms with Crippen molar-refractivity contribution in [3.05, 3.63) is 117 Å². The van der Waals surface area contributed by atoms with Gasteiger partial charge >= 0.3 is 5.97 Å². The summed E-state index contributed by atoms with van der Waals surface area (Å²) >= 11 is 3.49. The van der Waals surface area contributed by atoms with Gasteiger partial charge in [-0.1, -0.05) is 59.4 Å². The molecular weight excluding hydrogens is 703 g/mol. The average molecular weight is 739 g/mol. The van der Waals surface area contributed by atoms with Crippen molar-refractivity contribution in [1.82, 2.24) is 4.57 Å². The number of allylic oxidation sites excluding steroid dienone is 1. The highest BCUT2D eigenvalue weighted by Crippen LogP contribution is 2.37. The lowest BCUT2D eigenvalue weighted by molar-refractivity contribution is -0.139. The van der Waals surface area contributed by atoms with Gasteiger partial charge in [0.2, 0.25) is 0 Å². The molecule has 0 saturated heterocycles. The molecule has 0 fully saturated rings. The van der Waals surface area contributed by atoms with Crippen LogP contribution < -0.4 is 29.1 Å². The minimum Gasteiger partial charge on any atom is -0.493 e. The Labute approximate surface area is 279 Å². The molecule has 0 saturated carbocycles. The molecule has 1 aliphatic rings. The summed E-state index contributed by atoms with van der Waals surface area (Å²) in [7, 11) is 1.60. The Morgan fingerprint density at radius 3 is 2.58 bits per heavy atom. The smallest absolute Gasteiger partial charge is 0.338 e. The van der Waals surface area contributed by atoms with Gasteiger partial charge in [-0.15, -0.1) is 0 Å². The largest absolute Gasteiger partial charge is 0.493 e. The minimum absolute atomic E-state index is 0.112. The normalized spacial score (nSPS) is 14.7. The van der Waals surface area contributed by atoms with E-state index in [-0.39, 0.29) is 18.3 Å². The van der Waals surface area contributed by atoms with Gasteiger partial charge in [0, 0.05) is 5.56 Å². The first-order valence-corrected chi connectivity index (χ1v) is 16.5. The van der Waals surface area contributed by atoms with Gasteiger partial charge in [-0.3, -0.25) is 9.36 Å². The Hall–Kier alpha value is -3.90. The Balaban J connectivity index is 1.60. The lowest BCUT2D eigenvalue weighted by Gasteiger charge is -2.26. The molecule has 0 bridgehead atoms. The van der Waals surface area contributed by atoms with Gasteiger partial charge < -0.3 is 18.9 Å². The fraction of sp³-hybridized carbons (Fsp3) is 0.286. The van der Waals surface area contributed by atoms with Crippen LogP contribution in [0.4, 0.5) is 0 Å². The van der Waals surface area contributed by atoms with Crippen LogP contribution in [0.15, 0.2) is 81.7 Å². The predicted octanol–water partition coefficient (Wildman–Crippen LogP) is 6.09. The van der Waals surface area contributed by atoms with Crippen LogP contribution in [0.25, 0.3) is 6.08 Å². The molecule has 0 unspecified atom stereocenters. The average Bonchev–Trinajstić information content (AvgIpc) is 3.29. The molecule has 0 aliphatic carbocycles. The van der Waals surface area contributed by atoms with Crippen LogP contribution >= 0.6 is 33.9 Å². The third kappa shape index (κ3) is 7.01. The predicted molar refractivity (Wildman–Crippen MR) is 184 cm³/mol. The second kappa shape index (κ2) is 14.0. The molecule has 10 heteroatoms. The molecule has 0 radical (unpaired) electrons. The van der Waals surface area contributed by atoms with Gasteiger partial charge in [-0.2, -0.15) is 0 Å². The first-order valence-electron chi connectivity index (χ1n) is 14.6. The van der Waals surface area contributed by atoms with E-state index in [4.69, 9.17) is 23.9 Å². The zero-order chi connectivity index (χ0) is 32.2. The molecular formula is C35H35IN2O6S. The number of methoxy groups -OCH3 is 1. The van der Waals surface area contributed by atoms with Crippen LogP contribution in [0.3, 0.4) is 0 Å². The van der Waals surface area contributed by atoms with Crippen molar-refractivity contribution >= 4 is 46.0 Å². The maximum atomic E-state index is 14.2. The van der Waals surface area contributed by atoms with Gasteiger partial charge in [0.25, 0.3) is 5.56 Å². The third-order valence-corrected chi connectivity index (χ3v) is 8.89. The third-order valence-electron chi connectivity index (χ3n) is 7.11. The SMILES string of the molecule is CCOC(=O)C1=C(C)N=c2s/c(=C/c3cc(I)c(OCc4cccc(C)c4)c(OC)c3)c(=O)n2[C@@H]1c1ccccc1OC(C)C. The summed E-state index contributed by atoms with van der Waals surface area (Å²) < 4.78 is 26.3. The number of aromatic nitrogens is 1. The number of nitrogens with zero attached hydrogens (tertiary/aromatic N) is 2. The van der Waals surface area contributed by atoms with E-state index in [1.165, 1.54) is 11.3 Å². The molecule has 1 aliphatic heterocycles. The van der Waals surface area contributed by atoms with E-state index in [9.17, 15) is 9.59 Å². The van der Waals surface area contributed by atoms with Crippen molar-refractivity contribution in [3.8, 4) is 17.2 Å². The molecule has 8 nitrogen and oxygen atoms in total. The highest BCUT2D eigenvalue weighted by atomic mass is 127. The van der Waals surface area contributed by atoms with Crippen molar-refractivity contribution < 1.29 is 23.7 Å². The van der Waals surface area contributed by atoms with Crippen LogP contribution in [0, 0.1) is 10.5 Å². The fourth-order valence-electron chi connectivity index (χ4n) is 5.23. The Morgan fingerprint density at radius 2 is 1.87 bits per heavy atom. The standard InChI is InChI=1S/C35H35IN2O6S/c1-7-42-34(40)30-22(5)37-35-38(31(30)25-13-8-9-14-27(25)44-20(2)3)33(39)29(45-35)18-24-16-26(36)32(28(17-24)41-6)43-19-23-12-10-11-21(4)15-23/h8-18,20,31H,7,19H2,1-6H3/b29-18+/t31-/m1/s1. The van der Waals surface area contributed by atoms with Crippen LogP contribution in [-0.2, 0) is 16.1 Å². The summed E-state index contributed by atoms with van der Waals surface area (Å²) in [5.41, 5.74) is 4.21. The maximum Gasteiger partial charge on any atom is 0.338 e. The molecule has 1 atom stereocenters. The number of ether oxygens (including phenoxy) is 4. The summed E-state index contributed by atoms with van der Waals surface area (Å²) in [6, 6.07) is 18.7. The zero-order valence-corrected chi connectivity index (χ0v) is 29.0. The summed E-state index contributed by atoms with van der Waals surface area (Å²) in [5, 5.41) is 0. The summed E-state index contributed by atoms with van der Waals surface area (Å²) in [5.74, 6) is 1.27. The molecule has 0 spiro atoms. The number of rotatable bonds is 10. The lowest BCUT2D eigenvalue weighted by atomic mass is 9.95. The molecule has 45 heavy (non-hydrogen) atoms. The first-order chi connectivity index (χ1) is 21.6. The second-order valence-corrected chi connectivity index (χ2v) is 13.0. The number of benzene rings is 3. The van der Waals surface area contributed by atoms with E-state index >= 15 is 0 Å². The van der Waals surface area contributed by atoms with Crippen LogP contribution in [0.1, 0.15) is 56.0 Å². The summed E-state index contributed by atoms with van der Waals surface area (Å²) in [6.45, 7) is 10.0. The van der Waals surface area contributed by atoms with E-state index in [1.54, 1.807) is 25.5 Å². The number of thiazole rings is 1. The topological polar surface area (TPSA) is 88.4 Å². The monoisotopic (exact) mass is 738 g/mol. The molecule has 5 rings (SSSR count). The van der Waals surface area contributed by atoms with E-state index in [2.05, 4.69) is 28.7 Å². The number of carbonyl (C=O) groups is 1. The molecule has 0 N–H and O–H groups in total. The second-order valence-electron chi connectivity index (χ2n) is 10.8. The Bertz CT molecular complexity index is 1960. The fourth-order valence-corrected chi connectivity index (χ4v) is 7.05. The number of fused-ring (bicyclic) bond motifs is 1. The summed E-state index contributed by atoms with van der Waals surface area (Å²) in [6.07, 6.45) is 1.70. The van der Waals surface area contributed by atoms with E-state index < -0.39 is 12.0 Å². The summed E-state index contributed by atoms with van der Waals surface area (Å²) in [4.78, 5) is 32.7. The molecule has 1 aromatic heterocycles. The highest BCUT2D eigenvalue weighted by molar-refractivity contribution is 14.1. The quantitative estimate of drug-likeness (QED) is 0.145. The number of esters is 1. The van der Waals surface area contributed by atoms with E-state index in [0.29, 0.717) is 50.0 Å². The van der Waals surface area contributed by atoms with Gasteiger partial charge in [0.05, 0.1) is 39.2 Å². The highest BCUT2D eigenvalue weighted by Gasteiger charge is 2.35. The Morgan fingerprint density at radius 1 is 1.09 bits per heavy atom. The van der Waals surface area contributed by atoms with Crippen molar-refractivity contribution in [2.24, 2.45) is 4.99 Å². The minimum atomic E-state index is -0.774. The number of hydrogen-bond donors (Lipinski definition) is 0. The van der Waals surface area contributed by atoms with Crippen molar-refractivity contribution in [1.29, 1.82) is 0 Å². The number of hydrogen-bond acceptors (Lipinski definition) is 8. The van der Waals surface area contributed by atoms with Crippen molar-refractivity contribution in [3.63, 3.8) is 0 Å². The van der Waals surface area contributed by atoms with Crippen LogP contribution in [0.5, 0.6) is 17.2 Å². The number of aryl methyl sites for hydroxylation is 1. The molecule has 4 aromatic rings. The number of carbonyl (C=O) groups excluding carboxylic acids is 1. The molecule has 3 aromatic carbocycles. The van der Waals surface area contributed by atoms with E-state index in [1.807, 2.05) is 81.4 Å². The van der Waals surface area contributed by atoms with Crippen molar-refractivity contribution in [2.75, 3.05) is 13.7 Å². The lowest BCUT2D eigenvalue weighted by Crippen LogP contribution is -2.40. The molecule has 2 heterocycles. The van der Waals surface area contributed by atoms with Crippen LogP contribution in [-0.4, -0.2) is 30.4 Å². The number of halogens is 1. The maximum absolute atomic E-state index is 14.2. The molecule has 0 amide bonds. The Kier molecular flexibility index (Phi) is 10.1. The zero-order valence-electron chi connectivity index (χ0n) is 26.0. The van der Waals surface area contributed by atoms with Gasteiger partial charge in [0.15, 0.2) is 16.3 Å². The van der Waals surface area contributed by atoms with Gasteiger partial charge in [-0.25, -0.2) is 9.79 Å². The van der Waals surface area contributed by atoms with Crippen LogP contribution in [0.2, 0.25) is 0 Å². The number of para-hydroxylation sites is 1. The molecule has 234 valence electrons. The van der Waals surface area contributed by atoms with Gasteiger partial charge in [-0.05, 0) is 92.6 Å². The van der Waals surface area contributed by atoms with E-state index in [0.717, 1.165) is 20.3 Å². The van der Waals surface area contributed by atoms with Gasteiger partial charge in [0.1, 0.15) is 18.4 Å². The first kappa shape index (κ1) is 32.5.